The van der Waals surface area contributed by atoms with Crippen LogP contribution in [0.25, 0.3) is 0 Å². The van der Waals surface area contributed by atoms with Crippen LogP contribution in [0.15, 0.2) is 48.8 Å². The molecule has 1 fully saturated rings. The van der Waals surface area contributed by atoms with Crippen LogP contribution < -0.4 is 16.1 Å². The first-order chi connectivity index (χ1) is 12.2. The fourth-order valence-corrected chi connectivity index (χ4v) is 3.01. The average Bonchev–Trinajstić information content (AvgIpc) is 2.64. The summed E-state index contributed by atoms with van der Waals surface area (Å²) in [5.41, 5.74) is 3.75. The fraction of sp³-hybridized carbons (Fsp3) is 0.333. The molecule has 132 valence electrons. The van der Waals surface area contributed by atoms with Gasteiger partial charge >= 0.3 is 6.03 Å². The Hall–Kier alpha value is -2.64. The molecule has 2 heterocycles. The van der Waals surface area contributed by atoms with Crippen molar-refractivity contribution in [1.29, 1.82) is 0 Å². The van der Waals surface area contributed by atoms with Gasteiger partial charge in [0.05, 0.1) is 17.6 Å². The van der Waals surface area contributed by atoms with Crippen molar-refractivity contribution in [3.8, 4) is 0 Å². The van der Waals surface area contributed by atoms with E-state index in [1.807, 2.05) is 6.07 Å². The van der Waals surface area contributed by atoms with Gasteiger partial charge in [0, 0.05) is 31.9 Å². The predicted octanol–water partition coefficient (Wildman–Crippen LogP) is 2.78. The summed E-state index contributed by atoms with van der Waals surface area (Å²) in [6.07, 6.45) is 4.72. The third kappa shape index (κ3) is 4.91. The van der Waals surface area contributed by atoms with Crippen molar-refractivity contribution in [2.24, 2.45) is 0 Å². The minimum Gasteiger partial charge on any atom is -0.761 e. The topological polar surface area (TPSA) is 92.3 Å². The van der Waals surface area contributed by atoms with Gasteiger partial charge in [-0.25, -0.2) is 4.79 Å². The number of likely N-dealkylation sites (tertiary alicyclic amines) is 1. The van der Waals surface area contributed by atoms with Gasteiger partial charge in [-0.1, -0.05) is 30.3 Å². The number of rotatable bonds is 5. The highest BCUT2D eigenvalue weighted by Gasteiger charge is 2.20. The summed E-state index contributed by atoms with van der Waals surface area (Å²) in [6, 6.07) is 11.8. The van der Waals surface area contributed by atoms with E-state index >= 15 is 0 Å². The maximum atomic E-state index is 12.1. The van der Waals surface area contributed by atoms with Crippen LogP contribution >= 0.6 is 0 Å². The predicted molar refractivity (Wildman–Crippen MR) is 98.1 cm³/mol. The van der Waals surface area contributed by atoms with Crippen molar-refractivity contribution in [2.45, 2.75) is 25.4 Å². The molecule has 1 aromatic heterocycles. The number of urea groups is 1. The summed E-state index contributed by atoms with van der Waals surface area (Å²) in [5, 5.41) is 16.5. The summed E-state index contributed by atoms with van der Waals surface area (Å²) in [6.45, 7) is 2.83. The first-order valence-corrected chi connectivity index (χ1v) is 8.40. The molecule has 1 aliphatic heterocycles. The van der Waals surface area contributed by atoms with E-state index in [2.05, 4.69) is 44.8 Å². The van der Waals surface area contributed by atoms with E-state index < -0.39 is 0 Å². The number of carbonyl (C=O) groups excluding carboxylic acids is 1. The monoisotopic (exact) mass is 340 g/mol. The van der Waals surface area contributed by atoms with Crippen LogP contribution in [0, 0.1) is 5.21 Å². The van der Waals surface area contributed by atoms with Crippen molar-refractivity contribution in [2.75, 3.05) is 23.9 Å². The molecular formula is C18H22N5O2-. The molecule has 0 spiro atoms. The van der Waals surface area contributed by atoms with Gasteiger partial charge in [-0.2, -0.15) is 0 Å². The number of benzene rings is 1. The van der Waals surface area contributed by atoms with Crippen molar-refractivity contribution in [3.63, 3.8) is 0 Å². The van der Waals surface area contributed by atoms with E-state index in [1.165, 1.54) is 18.0 Å². The Morgan fingerprint density at radius 3 is 2.64 bits per heavy atom. The van der Waals surface area contributed by atoms with Crippen LogP contribution in [0.4, 0.5) is 16.2 Å². The average molecular weight is 340 g/mol. The number of nitrogens with one attached hydrogen (secondary N) is 3. The van der Waals surface area contributed by atoms with Gasteiger partial charge in [-0.3, -0.25) is 9.88 Å². The van der Waals surface area contributed by atoms with Gasteiger partial charge in [0.15, 0.2) is 0 Å². The molecule has 0 atom stereocenters. The number of piperidine rings is 1. The van der Waals surface area contributed by atoms with Crippen LogP contribution in [0.2, 0.25) is 0 Å². The van der Waals surface area contributed by atoms with Gasteiger partial charge in [0.1, 0.15) is 0 Å². The quantitative estimate of drug-likeness (QED) is 0.728. The van der Waals surface area contributed by atoms with E-state index in [-0.39, 0.29) is 17.8 Å². The lowest BCUT2D eigenvalue weighted by atomic mass is 10.0. The summed E-state index contributed by atoms with van der Waals surface area (Å²) >= 11 is 0. The molecule has 0 bridgehead atoms. The maximum Gasteiger partial charge on any atom is 0.319 e. The van der Waals surface area contributed by atoms with Crippen molar-refractivity contribution < 1.29 is 4.79 Å². The lowest BCUT2D eigenvalue weighted by Crippen LogP contribution is -2.45. The third-order valence-corrected chi connectivity index (χ3v) is 4.35. The number of nitrogens with zero attached hydrogens (tertiary/aromatic N) is 2. The fourth-order valence-electron chi connectivity index (χ4n) is 3.01. The number of anilines is 2. The maximum absolute atomic E-state index is 12.1. The second kappa shape index (κ2) is 8.46. The number of aromatic nitrogens is 1. The van der Waals surface area contributed by atoms with Crippen molar-refractivity contribution in [3.05, 3.63) is 59.6 Å². The summed E-state index contributed by atoms with van der Waals surface area (Å²) in [4.78, 5) is 18.4. The summed E-state index contributed by atoms with van der Waals surface area (Å²) in [5.74, 6) is 0. The van der Waals surface area contributed by atoms with E-state index in [4.69, 9.17) is 0 Å². The Bertz CT molecular complexity index is 687. The molecule has 0 aliphatic carbocycles. The molecule has 0 saturated carbocycles. The highest BCUT2D eigenvalue weighted by atomic mass is 16.5. The lowest BCUT2D eigenvalue weighted by Gasteiger charge is -2.32. The van der Waals surface area contributed by atoms with Crippen molar-refractivity contribution in [1.82, 2.24) is 15.2 Å². The molecule has 2 amide bonds. The molecule has 1 saturated heterocycles. The first-order valence-electron chi connectivity index (χ1n) is 8.40. The number of carbonyl (C=O) groups is 1. The van der Waals surface area contributed by atoms with E-state index in [9.17, 15) is 10.0 Å². The van der Waals surface area contributed by atoms with E-state index in [0.717, 1.165) is 32.5 Å². The zero-order chi connectivity index (χ0) is 17.5. The number of hydrogen-bond acceptors (Lipinski definition) is 5. The molecule has 1 aromatic carbocycles. The molecule has 2 aromatic rings. The molecule has 3 rings (SSSR count). The summed E-state index contributed by atoms with van der Waals surface area (Å²) < 4.78 is 0. The second-order valence-electron chi connectivity index (χ2n) is 6.16. The number of hydrogen-bond donors (Lipinski definition) is 3. The minimum absolute atomic E-state index is 0.137. The molecule has 1 aliphatic rings. The Kier molecular flexibility index (Phi) is 5.81. The van der Waals surface area contributed by atoms with Crippen LogP contribution in [0.1, 0.15) is 18.4 Å². The standard InChI is InChI=1S/C18H22N5O2/c24-18(21-16-6-9-19-12-17(16)22-25)20-15-7-10-23(11-8-15)13-14-4-2-1-3-5-14/h1-6,9,12,15,22H,7-8,10-11,13H2,(H2,19,20,21,24)/q-1. The molecule has 0 radical (unpaired) electrons. The summed E-state index contributed by atoms with van der Waals surface area (Å²) in [7, 11) is 0. The minimum atomic E-state index is -0.302. The first kappa shape index (κ1) is 17.2. The highest BCUT2D eigenvalue weighted by Crippen LogP contribution is 2.19. The van der Waals surface area contributed by atoms with Gasteiger partial charge in [0.2, 0.25) is 0 Å². The molecule has 25 heavy (non-hydrogen) atoms. The number of pyridine rings is 1. The molecule has 3 N–H and O–H groups in total. The molecule has 7 nitrogen and oxygen atoms in total. The second-order valence-corrected chi connectivity index (χ2v) is 6.16. The van der Waals surface area contributed by atoms with E-state index in [0.29, 0.717) is 5.69 Å². The Morgan fingerprint density at radius 2 is 1.92 bits per heavy atom. The third-order valence-electron chi connectivity index (χ3n) is 4.35. The Labute approximate surface area is 147 Å². The SMILES string of the molecule is O=C(Nc1ccncc1N[O-])NC1CCN(Cc2ccccc2)CC1. The molecular weight excluding hydrogens is 318 g/mol. The molecule has 7 heteroatoms. The zero-order valence-corrected chi connectivity index (χ0v) is 13.9. The van der Waals surface area contributed by atoms with E-state index in [1.54, 1.807) is 11.5 Å². The largest absolute Gasteiger partial charge is 0.761 e. The Balaban J connectivity index is 1.45. The van der Waals surface area contributed by atoms with Crippen LogP contribution in [-0.4, -0.2) is 35.0 Å². The van der Waals surface area contributed by atoms with Crippen LogP contribution in [0.5, 0.6) is 0 Å². The molecule has 0 unspecified atom stereocenters. The Morgan fingerprint density at radius 1 is 1.16 bits per heavy atom. The van der Waals surface area contributed by atoms with Crippen LogP contribution in [-0.2, 0) is 6.54 Å². The van der Waals surface area contributed by atoms with Gasteiger partial charge in [-0.05, 0) is 24.5 Å². The highest BCUT2D eigenvalue weighted by molar-refractivity contribution is 5.93. The normalized spacial score (nSPS) is 15.6. The van der Waals surface area contributed by atoms with Gasteiger partial charge in [-0.15, -0.1) is 0 Å². The lowest BCUT2D eigenvalue weighted by molar-refractivity contribution is 0.190. The zero-order valence-electron chi connectivity index (χ0n) is 13.9. The van der Waals surface area contributed by atoms with Crippen LogP contribution in [0.3, 0.4) is 0 Å². The van der Waals surface area contributed by atoms with Gasteiger partial charge < -0.3 is 21.3 Å². The number of amides is 2. The van der Waals surface area contributed by atoms with Crippen molar-refractivity contribution >= 4 is 17.4 Å². The van der Waals surface area contributed by atoms with Gasteiger partial charge in [0.25, 0.3) is 0 Å². The smallest absolute Gasteiger partial charge is 0.319 e.